The summed E-state index contributed by atoms with van der Waals surface area (Å²) < 4.78 is 27.3. The highest BCUT2D eigenvalue weighted by Crippen LogP contribution is 2.32. The van der Waals surface area contributed by atoms with E-state index < -0.39 is 10.0 Å². The largest absolute Gasteiger partial charge is 0.308 e. The van der Waals surface area contributed by atoms with E-state index in [-0.39, 0.29) is 35.7 Å². The lowest BCUT2D eigenvalue weighted by Gasteiger charge is -2.27. The summed E-state index contributed by atoms with van der Waals surface area (Å²) in [4.78, 5) is 26.2. The molecule has 0 saturated carbocycles. The molecule has 1 amide bonds. The summed E-state index contributed by atoms with van der Waals surface area (Å²) in [6, 6.07) is 13.3. The Morgan fingerprint density at radius 3 is 2.45 bits per heavy atom. The van der Waals surface area contributed by atoms with Crippen LogP contribution in [0.5, 0.6) is 0 Å². The molecule has 1 atom stereocenters. The number of benzene rings is 2. The Hall–Kier alpha value is -2.77. The highest BCUT2D eigenvalue weighted by atomic mass is 32.2. The first-order chi connectivity index (χ1) is 13.8. The van der Waals surface area contributed by atoms with Crippen molar-refractivity contribution in [2.45, 2.75) is 31.2 Å². The minimum atomic E-state index is -3.92. The van der Waals surface area contributed by atoms with Crippen molar-refractivity contribution in [3.8, 4) is 0 Å². The quantitative estimate of drug-likeness (QED) is 0.517. The van der Waals surface area contributed by atoms with Crippen molar-refractivity contribution in [1.82, 2.24) is 4.31 Å². The van der Waals surface area contributed by atoms with Crippen LogP contribution in [0, 0.1) is 0 Å². The molecule has 0 N–H and O–H groups in total. The van der Waals surface area contributed by atoms with Gasteiger partial charge in [0.2, 0.25) is 15.9 Å². The van der Waals surface area contributed by atoms with Crippen molar-refractivity contribution in [3.63, 3.8) is 0 Å². The summed E-state index contributed by atoms with van der Waals surface area (Å²) in [6.07, 6.45) is 2.19. The fraction of sp³-hybridized carbons (Fsp3) is 0.273. The molecule has 0 radical (unpaired) electrons. The average Bonchev–Trinajstić information content (AvgIpc) is 3.03. The number of rotatable bonds is 7. The van der Waals surface area contributed by atoms with E-state index in [9.17, 15) is 18.0 Å². The number of Topliss-reactive ketones (excluding diaryl/α,β-unsaturated/α-hetero) is 1. The van der Waals surface area contributed by atoms with Gasteiger partial charge in [0.15, 0.2) is 5.78 Å². The molecule has 0 bridgehead atoms. The first-order valence-corrected chi connectivity index (χ1v) is 10.8. The zero-order chi connectivity index (χ0) is 21.2. The van der Waals surface area contributed by atoms with E-state index in [4.69, 9.17) is 0 Å². The molecule has 1 heterocycles. The number of sulfonamides is 1. The second kappa shape index (κ2) is 8.31. The third-order valence-corrected chi connectivity index (χ3v) is 6.84. The minimum Gasteiger partial charge on any atom is -0.308 e. The summed E-state index contributed by atoms with van der Waals surface area (Å²) in [5.41, 5.74) is 2.33. The zero-order valence-corrected chi connectivity index (χ0v) is 17.4. The number of para-hydroxylation sites is 1. The number of carbonyl (C=O) groups is 2. The fourth-order valence-electron chi connectivity index (χ4n) is 3.57. The van der Waals surface area contributed by atoms with E-state index in [2.05, 4.69) is 6.58 Å². The van der Waals surface area contributed by atoms with Crippen LogP contribution in [-0.2, 0) is 21.2 Å². The number of hydrogen-bond donors (Lipinski definition) is 0. The maximum atomic E-state index is 13.1. The van der Waals surface area contributed by atoms with Gasteiger partial charge in [-0.1, -0.05) is 36.4 Å². The van der Waals surface area contributed by atoms with Gasteiger partial charge in [-0.3, -0.25) is 9.59 Å². The van der Waals surface area contributed by atoms with E-state index in [0.29, 0.717) is 5.56 Å². The molecule has 3 rings (SSSR count). The second-order valence-corrected chi connectivity index (χ2v) is 9.05. The molecule has 2 aromatic rings. The van der Waals surface area contributed by atoms with Crippen molar-refractivity contribution < 1.29 is 18.0 Å². The lowest BCUT2D eigenvalue weighted by molar-refractivity contribution is -0.119. The van der Waals surface area contributed by atoms with Gasteiger partial charge < -0.3 is 4.90 Å². The van der Waals surface area contributed by atoms with Crippen molar-refractivity contribution in [2.75, 3.05) is 18.0 Å². The fourth-order valence-corrected chi connectivity index (χ4v) is 4.94. The van der Waals surface area contributed by atoms with Gasteiger partial charge in [-0.05, 0) is 44.0 Å². The normalized spacial score (nSPS) is 16.0. The molecule has 1 aliphatic heterocycles. The Kier molecular flexibility index (Phi) is 6.00. The Morgan fingerprint density at radius 2 is 1.83 bits per heavy atom. The number of carbonyl (C=O) groups excluding carboxylic acids is 2. The maximum absolute atomic E-state index is 13.1. The van der Waals surface area contributed by atoms with E-state index >= 15 is 0 Å². The number of fused-ring (bicyclic) bond motifs is 1. The topological polar surface area (TPSA) is 74.8 Å². The molecule has 0 aliphatic carbocycles. The minimum absolute atomic E-state index is 0.00635. The van der Waals surface area contributed by atoms with Crippen LogP contribution in [0.2, 0.25) is 0 Å². The van der Waals surface area contributed by atoms with Gasteiger partial charge in [-0.25, -0.2) is 8.42 Å². The van der Waals surface area contributed by atoms with E-state index in [1.165, 1.54) is 37.3 Å². The van der Waals surface area contributed by atoms with Crippen LogP contribution in [0.4, 0.5) is 5.69 Å². The van der Waals surface area contributed by atoms with Gasteiger partial charge in [-0.2, -0.15) is 4.31 Å². The van der Waals surface area contributed by atoms with E-state index in [1.54, 1.807) is 4.90 Å². The summed E-state index contributed by atoms with van der Waals surface area (Å²) >= 11 is 0. The van der Waals surface area contributed by atoms with Crippen molar-refractivity contribution in [3.05, 3.63) is 72.3 Å². The summed E-state index contributed by atoms with van der Waals surface area (Å²) in [5.74, 6) is -0.429. The van der Waals surface area contributed by atoms with Gasteiger partial charge >= 0.3 is 0 Å². The van der Waals surface area contributed by atoms with Crippen molar-refractivity contribution in [1.29, 1.82) is 0 Å². The lowest BCUT2D eigenvalue weighted by Crippen LogP contribution is -2.45. The molecule has 6 nitrogen and oxygen atoms in total. The third-order valence-electron chi connectivity index (χ3n) is 5.02. The Balaban J connectivity index is 1.87. The number of amides is 1. The molecular weight excluding hydrogens is 388 g/mol. The Labute approximate surface area is 171 Å². The highest BCUT2D eigenvalue weighted by Gasteiger charge is 2.34. The van der Waals surface area contributed by atoms with Gasteiger partial charge in [0, 0.05) is 23.8 Å². The van der Waals surface area contributed by atoms with Crippen LogP contribution >= 0.6 is 0 Å². The molecule has 0 fully saturated rings. The zero-order valence-electron chi connectivity index (χ0n) is 16.5. The predicted molar refractivity (Wildman–Crippen MR) is 112 cm³/mol. The Bertz CT molecular complexity index is 1040. The van der Waals surface area contributed by atoms with E-state index in [1.807, 2.05) is 31.2 Å². The van der Waals surface area contributed by atoms with Crippen LogP contribution in [-0.4, -0.2) is 43.5 Å². The van der Waals surface area contributed by atoms with Gasteiger partial charge in [0.1, 0.15) is 0 Å². The molecule has 0 aromatic heterocycles. The molecule has 152 valence electrons. The standard InChI is InChI=1S/C22H24N2O4S/c1-4-13-23(29(27,28)20-11-9-18(10-12-20)17(3)25)15-22(26)24-16(2)14-19-7-5-6-8-21(19)24/h4-12,16H,1,13-15H2,2-3H3. The Morgan fingerprint density at radius 1 is 1.17 bits per heavy atom. The van der Waals surface area contributed by atoms with Gasteiger partial charge in [0.05, 0.1) is 11.4 Å². The molecule has 1 unspecified atom stereocenters. The molecule has 2 aromatic carbocycles. The summed E-state index contributed by atoms with van der Waals surface area (Å²) in [5, 5.41) is 0. The van der Waals surface area contributed by atoms with Gasteiger partial charge in [-0.15, -0.1) is 6.58 Å². The first-order valence-electron chi connectivity index (χ1n) is 9.37. The summed E-state index contributed by atoms with van der Waals surface area (Å²) in [6.45, 7) is 6.71. The van der Waals surface area contributed by atoms with Crippen molar-refractivity contribution >= 4 is 27.4 Å². The average molecular weight is 413 g/mol. The molecule has 0 saturated heterocycles. The van der Waals surface area contributed by atoms with E-state index in [0.717, 1.165) is 22.0 Å². The predicted octanol–water partition coefficient (Wildman–Crippen LogP) is 3.04. The van der Waals surface area contributed by atoms with Crippen LogP contribution in [0.1, 0.15) is 29.8 Å². The first kappa shape index (κ1) is 21.0. The van der Waals surface area contributed by atoms with Crippen LogP contribution < -0.4 is 4.90 Å². The second-order valence-electron chi connectivity index (χ2n) is 7.11. The lowest BCUT2D eigenvalue weighted by atomic mass is 10.1. The summed E-state index contributed by atoms with van der Waals surface area (Å²) in [7, 11) is -3.92. The van der Waals surface area contributed by atoms with Crippen molar-refractivity contribution in [2.24, 2.45) is 0 Å². The van der Waals surface area contributed by atoms with Crippen LogP contribution in [0.3, 0.4) is 0 Å². The van der Waals surface area contributed by atoms with Gasteiger partial charge in [0.25, 0.3) is 0 Å². The number of nitrogens with zero attached hydrogens (tertiary/aromatic N) is 2. The third kappa shape index (κ3) is 4.16. The molecule has 1 aliphatic rings. The number of ketones is 1. The molecular formula is C22H24N2O4S. The van der Waals surface area contributed by atoms with Crippen LogP contribution in [0.15, 0.2) is 66.1 Å². The molecule has 7 heteroatoms. The maximum Gasteiger partial charge on any atom is 0.243 e. The van der Waals surface area contributed by atoms with Crippen LogP contribution in [0.25, 0.3) is 0 Å². The number of hydrogen-bond acceptors (Lipinski definition) is 4. The molecule has 29 heavy (non-hydrogen) atoms. The smallest absolute Gasteiger partial charge is 0.243 e. The number of anilines is 1. The highest BCUT2D eigenvalue weighted by molar-refractivity contribution is 7.89. The SMILES string of the molecule is C=CCN(CC(=O)N1c2ccccc2CC1C)S(=O)(=O)c1ccc(C(C)=O)cc1. The molecule has 0 spiro atoms. The monoisotopic (exact) mass is 412 g/mol.